The monoisotopic (exact) mass is 283 g/mol. The van der Waals surface area contributed by atoms with Crippen molar-refractivity contribution in [2.24, 2.45) is 11.8 Å². The fraction of sp³-hybridized carbons (Fsp3) is 0.875. The van der Waals surface area contributed by atoms with E-state index < -0.39 is 11.9 Å². The van der Waals surface area contributed by atoms with Crippen molar-refractivity contribution in [3.63, 3.8) is 0 Å². The van der Waals surface area contributed by atoms with E-state index in [-0.39, 0.29) is 11.9 Å². The van der Waals surface area contributed by atoms with Gasteiger partial charge in [-0.3, -0.25) is 9.59 Å². The number of carboxylic acid groups (broad SMARTS) is 1. The van der Waals surface area contributed by atoms with Crippen LogP contribution < -0.4 is 0 Å². The fourth-order valence-corrected chi connectivity index (χ4v) is 3.13. The molecule has 1 saturated heterocycles. The number of amides is 1. The first-order valence-electron chi connectivity index (χ1n) is 8.03. The number of piperidine rings is 1. The van der Waals surface area contributed by atoms with Crippen molar-refractivity contribution >= 4 is 11.9 Å². The summed E-state index contributed by atoms with van der Waals surface area (Å²) in [6.45, 7) is 6.89. The van der Waals surface area contributed by atoms with Gasteiger partial charge in [-0.05, 0) is 32.1 Å². The van der Waals surface area contributed by atoms with Crippen LogP contribution in [0.25, 0.3) is 0 Å². The van der Waals surface area contributed by atoms with Crippen LogP contribution in [0.15, 0.2) is 0 Å². The Morgan fingerprint density at radius 3 is 2.60 bits per heavy atom. The molecule has 0 aromatic heterocycles. The summed E-state index contributed by atoms with van der Waals surface area (Å²) in [7, 11) is 0. The highest BCUT2D eigenvalue weighted by Crippen LogP contribution is 2.26. The molecule has 0 bridgehead atoms. The van der Waals surface area contributed by atoms with E-state index in [1.165, 1.54) is 6.42 Å². The average Bonchev–Trinajstić information content (AvgIpc) is 2.43. The van der Waals surface area contributed by atoms with Gasteiger partial charge < -0.3 is 10.0 Å². The van der Waals surface area contributed by atoms with Crippen LogP contribution in [0.5, 0.6) is 0 Å². The highest BCUT2D eigenvalue weighted by molar-refractivity contribution is 5.78. The molecule has 1 fully saturated rings. The molecule has 1 aliphatic heterocycles. The molecule has 0 aromatic carbocycles. The minimum Gasteiger partial charge on any atom is -0.481 e. The van der Waals surface area contributed by atoms with Gasteiger partial charge in [0.15, 0.2) is 0 Å². The van der Waals surface area contributed by atoms with Crippen LogP contribution in [-0.2, 0) is 9.59 Å². The van der Waals surface area contributed by atoms with E-state index in [0.29, 0.717) is 25.3 Å². The first-order valence-corrected chi connectivity index (χ1v) is 8.03. The lowest BCUT2D eigenvalue weighted by atomic mass is 9.88. The van der Waals surface area contributed by atoms with Gasteiger partial charge in [-0.1, -0.05) is 33.1 Å². The van der Waals surface area contributed by atoms with E-state index >= 15 is 0 Å². The molecular weight excluding hydrogens is 254 g/mol. The third-order valence-corrected chi connectivity index (χ3v) is 4.63. The molecule has 1 aliphatic rings. The number of aliphatic carboxylic acids is 1. The van der Waals surface area contributed by atoms with Gasteiger partial charge in [0.05, 0.1) is 5.92 Å². The highest BCUT2D eigenvalue weighted by Gasteiger charge is 2.35. The van der Waals surface area contributed by atoms with Crippen LogP contribution in [0.1, 0.15) is 65.7 Å². The van der Waals surface area contributed by atoms with E-state index in [2.05, 4.69) is 13.8 Å². The summed E-state index contributed by atoms with van der Waals surface area (Å²) in [5.74, 6) is -0.581. The molecule has 0 radical (unpaired) electrons. The second-order valence-corrected chi connectivity index (χ2v) is 6.04. The van der Waals surface area contributed by atoms with Crippen LogP contribution in [-0.4, -0.2) is 34.5 Å². The predicted octanol–water partition coefficient (Wildman–Crippen LogP) is 3.30. The molecule has 0 saturated carbocycles. The SMILES string of the molecule is CCCCC(CC)CC(=O)N1CCC[C@H](C(=O)O)[C@@H]1C. The lowest BCUT2D eigenvalue weighted by Crippen LogP contribution is -2.49. The van der Waals surface area contributed by atoms with Crippen molar-refractivity contribution < 1.29 is 14.7 Å². The van der Waals surface area contributed by atoms with Crippen molar-refractivity contribution in [1.82, 2.24) is 4.90 Å². The summed E-state index contributed by atoms with van der Waals surface area (Å²) < 4.78 is 0. The minimum atomic E-state index is -0.770. The summed E-state index contributed by atoms with van der Waals surface area (Å²) in [5.41, 5.74) is 0. The quantitative estimate of drug-likeness (QED) is 0.780. The molecule has 1 unspecified atom stereocenters. The molecule has 0 aromatic rings. The number of carboxylic acids is 1. The third-order valence-electron chi connectivity index (χ3n) is 4.63. The minimum absolute atomic E-state index is 0.145. The van der Waals surface area contributed by atoms with Crippen molar-refractivity contribution in [1.29, 1.82) is 0 Å². The van der Waals surface area contributed by atoms with Crippen molar-refractivity contribution in [3.8, 4) is 0 Å². The summed E-state index contributed by atoms with van der Waals surface area (Å²) in [4.78, 5) is 25.5. The molecule has 3 atom stereocenters. The Morgan fingerprint density at radius 1 is 1.35 bits per heavy atom. The maximum absolute atomic E-state index is 12.4. The lowest BCUT2D eigenvalue weighted by molar-refractivity contribution is -0.149. The van der Waals surface area contributed by atoms with E-state index in [1.807, 2.05) is 6.92 Å². The number of likely N-dealkylation sites (tertiary alicyclic amines) is 1. The molecule has 116 valence electrons. The zero-order chi connectivity index (χ0) is 15.1. The second-order valence-electron chi connectivity index (χ2n) is 6.04. The molecular formula is C16H29NO3. The Hall–Kier alpha value is -1.06. The number of rotatable bonds is 7. The highest BCUT2D eigenvalue weighted by atomic mass is 16.4. The first kappa shape index (κ1) is 17.0. The van der Waals surface area contributed by atoms with Gasteiger partial charge in [-0.15, -0.1) is 0 Å². The smallest absolute Gasteiger partial charge is 0.308 e. The number of unbranched alkanes of at least 4 members (excludes halogenated alkanes) is 1. The fourth-order valence-electron chi connectivity index (χ4n) is 3.13. The van der Waals surface area contributed by atoms with Crippen molar-refractivity contribution in [2.75, 3.05) is 6.54 Å². The topological polar surface area (TPSA) is 57.6 Å². The van der Waals surface area contributed by atoms with Crippen molar-refractivity contribution in [2.45, 2.75) is 71.8 Å². The summed E-state index contributed by atoms with van der Waals surface area (Å²) >= 11 is 0. The van der Waals surface area contributed by atoms with Gasteiger partial charge in [-0.2, -0.15) is 0 Å². The standard InChI is InChI=1S/C16H29NO3/c1-4-6-8-13(5-2)11-15(18)17-10-7-9-14(12(17)3)16(19)20/h12-14H,4-11H2,1-3H3,(H,19,20)/t12-,13?,14-/m0/s1. The summed E-state index contributed by atoms with van der Waals surface area (Å²) in [6, 6.07) is -0.169. The molecule has 1 heterocycles. The number of nitrogens with zero attached hydrogens (tertiary/aromatic N) is 1. The molecule has 1 rings (SSSR count). The maximum Gasteiger partial charge on any atom is 0.308 e. The van der Waals surface area contributed by atoms with Gasteiger partial charge in [0.1, 0.15) is 0 Å². The molecule has 20 heavy (non-hydrogen) atoms. The molecule has 4 heteroatoms. The second kappa shape index (κ2) is 8.28. The third kappa shape index (κ3) is 4.50. The number of carbonyl (C=O) groups excluding carboxylic acids is 1. The van der Waals surface area contributed by atoms with Crippen molar-refractivity contribution in [3.05, 3.63) is 0 Å². The van der Waals surface area contributed by atoms with Crippen LogP contribution in [0.3, 0.4) is 0 Å². The molecule has 0 spiro atoms. The Balaban J connectivity index is 2.58. The Labute approximate surface area is 122 Å². The maximum atomic E-state index is 12.4. The van der Waals surface area contributed by atoms with Crippen LogP contribution in [0.4, 0.5) is 0 Å². The summed E-state index contributed by atoms with van der Waals surface area (Å²) in [6.07, 6.45) is 6.52. The van der Waals surface area contributed by atoms with Gasteiger partial charge in [0.2, 0.25) is 5.91 Å². The molecule has 4 nitrogen and oxygen atoms in total. The van der Waals surface area contributed by atoms with Crippen LogP contribution in [0, 0.1) is 11.8 Å². The van der Waals surface area contributed by atoms with E-state index in [9.17, 15) is 14.7 Å². The largest absolute Gasteiger partial charge is 0.481 e. The normalized spacial score (nSPS) is 24.4. The zero-order valence-corrected chi connectivity index (χ0v) is 13.1. The Bertz CT molecular complexity index is 330. The van der Waals surface area contributed by atoms with E-state index in [1.54, 1.807) is 4.90 Å². The van der Waals surface area contributed by atoms with Gasteiger partial charge in [0, 0.05) is 19.0 Å². The van der Waals surface area contributed by atoms with Gasteiger partial charge in [0.25, 0.3) is 0 Å². The van der Waals surface area contributed by atoms with Crippen LogP contribution in [0.2, 0.25) is 0 Å². The molecule has 0 aliphatic carbocycles. The molecule has 1 amide bonds. The van der Waals surface area contributed by atoms with Gasteiger partial charge >= 0.3 is 5.97 Å². The van der Waals surface area contributed by atoms with Gasteiger partial charge in [-0.25, -0.2) is 0 Å². The zero-order valence-electron chi connectivity index (χ0n) is 13.1. The predicted molar refractivity (Wildman–Crippen MR) is 79.5 cm³/mol. The average molecular weight is 283 g/mol. The number of hydrogen-bond acceptors (Lipinski definition) is 2. The van der Waals surface area contributed by atoms with Crippen LogP contribution >= 0.6 is 0 Å². The Morgan fingerprint density at radius 2 is 2.05 bits per heavy atom. The number of carbonyl (C=O) groups is 2. The molecule has 1 N–H and O–H groups in total. The number of hydrogen-bond donors (Lipinski definition) is 1. The Kier molecular flexibility index (Phi) is 7.03. The first-order chi connectivity index (χ1) is 9.51. The lowest BCUT2D eigenvalue weighted by Gasteiger charge is -2.38. The van der Waals surface area contributed by atoms with E-state index in [0.717, 1.165) is 25.7 Å². The van der Waals surface area contributed by atoms with E-state index in [4.69, 9.17) is 0 Å². The summed E-state index contributed by atoms with van der Waals surface area (Å²) in [5, 5.41) is 9.21.